The summed E-state index contributed by atoms with van der Waals surface area (Å²) in [6.07, 6.45) is 6.48. The van der Waals surface area contributed by atoms with E-state index >= 15 is 0 Å². The smallest absolute Gasteiger partial charge is 0.0995 e. The van der Waals surface area contributed by atoms with E-state index in [1.807, 2.05) is 30.9 Å². The molecule has 2 aromatic heterocycles. The van der Waals surface area contributed by atoms with E-state index in [1.54, 1.807) is 11.0 Å². The van der Waals surface area contributed by atoms with Crippen molar-refractivity contribution in [2.24, 2.45) is 12.8 Å². The van der Waals surface area contributed by atoms with Gasteiger partial charge in [0.15, 0.2) is 0 Å². The number of aromatic nitrogens is 4. The van der Waals surface area contributed by atoms with Crippen LogP contribution in [0.2, 0.25) is 0 Å². The molecule has 0 aliphatic rings. The van der Waals surface area contributed by atoms with E-state index in [0.717, 1.165) is 23.5 Å². The highest BCUT2D eigenvalue weighted by atomic mass is 15.3. The van der Waals surface area contributed by atoms with Crippen LogP contribution in [0.25, 0.3) is 5.69 Å². The first-order valence-corrected chi connectivity index (χ1v) is 5.42. The number of nitrogens with two attached hydrogens (primary N) is 1. The normalized spacial score (nSPS) is 13.0. The van der Waals surface area contributed by atoms with Gasteiger partial charge in [0.1, 0.15) is 0 Å². The molecule has 0 amide bonds. The standard InChI is InChI=1S/C11H17N5/c1-4-9(12)10-5-13-7-16(10)11-6-15(3)14-8(11)2/h5-7,9H,4,12H2,1-3H3/t9-/m1/s1. The van der Waals surface area contributed by atoms with E-state index in [0.29, 0.717) is 0 Å². The highest BCUT2D eigenvalue weighted by molar-refractivity contribution is 5.36. The number of hydrogen-bond acceptors (Lipinski definition) is 3. The zero-order valence-electron chi connectivity index (χ0n) is 9.88. The molecule has 2 N–H and O–H groups in total. The molecule has 0 unspecified atom stereocenters. The van der Waals surface area contributed by atoms with Gasteiger partial charge in [-0.05, 0) is 13.3 Å². The second-order valence-corrected chi connectivity index (χ2v) is 3.98. The fraction of sp³-hybridized carbons (Fsp3) is 0.455. The molecule has 0 aliphatic carbocycles. The van der Waals surface area contributed by atoms with E-state index in [1.165, 1.54) is 0 Å². The Kier molecular flexibility index (Phi) is 2.78. The van der Waals surface area contributed by atoms with Gasteiger partial charge in [-0.15, -0.1) is 0 Å². The predicted octanol–water partition coefficient (Wildman–Crippen LogP) is 1.32. The van der Waals surface area contributed by atoms with Crippen molar-refractivity contribution in [2.75, 3.05) is 0 Å². The molecule has 0 spiro atoms. The van der Waals surface area contributed by atoms with Crippen LogP contribution in [0.15, 0.2) is 18.7 Å². The SMILES string of the molecule is CC[C@@H](N)c1cncn1-c1cn(C)nc1C. The largest absolute Gasteiger partial charge is 0.323 e. The fourth-order valence-corrected chi connectivity index (χ4v) is 1.81. The van der Waals surface area contributed by atoms with Gasteiger partial charge in [-0.3, -0.25) is 9.25 Å². The molecule has 1 atom stereocenters. The van der Waals surface area contributed by atoms with E-state index < -0.39 is 0 Å². The number of rotatable bonds is 3. The van der Waals surface area contributed by atoms with Gasteiger partial charge < -0.3 is 5.73 Å². The lowest BCUT2D eigenvalue weighted by Crippen LogP contribution is -2.13. The van der Waals surface area contributed by atoms with Crippen LogP contribution in [0.1, 0.15) is 30.8 Å². The highest BCUT2D eigenvalue weighted by Gasteiger charge is 2.13. The van der Waals surface area contributed by atoms with E-state index in [9.17, 15) is 0 Å². The minimum atomic E-state index is 0.0158. The molecule has 0 saturated carbocycles. The summed E-state index contributed by atoms with van der Waals surface area (Å²) in [5.74, 6) is 0. The maximum Gasteiger partial charge on any atom is 0.0995 e. The second-order valence-electron chi connectivity index (χ2n) is 3.98. The topological polar surface area (TPSA) is 61.7 Å². The third kappa shape index (κ3) is 1.74. The number of aryl methyl sites for hydroxylation is 2. The number of imidazole rings is 1. The van der Waals surface area contributed by atoms with Crippen molar-refractivity contribution >= 4 is 0 Å². The van der Waals surface area contributed by atoms with Crippen LogP contribution in [0.5, 0.6) is 0 Å². The van der Waals surface area contributed by atoms with Crippen molar-refractivity contribution in [3.8, 4) is 5.69 Å². The molecule has 2 aromatic rings. The zero-order valence-corrected chi connectivity index (χ0v) is 9.88. The van der Waals surface area contributed by atoms with Gasteiger partial charge in [0.2, 0.25) is 0 Å². The highest BCUT2D eigenvalue weighted by Crippen LogP contribution is 2.19. The molecule has 0 radical (unpaired) electrons. The van der Waals surface area contributed by atoms with Crippen molar-refractivity contribution in [3.63, 3.8) is 0 Å². The Morgan fingerprint density at radius 2 is 2.25 bits per heavy atom. The molecule has 0 aromatic carbocycles. The minimum Gasteiger partial charge on any atom is -0.323 e. The third-order valence-electron chi connectivity index (χ3n) is 2.73. The number of hydrogen-bond donors (Lipinski definition) is 1. The average Bonchev–Trinajstić information content (AvgIpc) is 2.83. The Balaban J connectivity index is 2.48. The molecule has 0 fully saturated rings. The Hall–Kier alpha value is -1.62. The minimum absolute atomic E-state index is 0.0158. The van der Waals surface area contributed by atoms with Crippen LogP contribution in [-0.2, 0) is 7.05 Å². The molecule has 0 saturated heterocycles. The van der Waals surface area contributed by atoms with E-state index in [4.69, 9.17) is 5.73 Å². The van der Waals surface area contributed by atoms with Crippen LogP contribution >= 0.6 is 0 Å². The van der Waals surface area contributed by atoms with Crippen molar-refractivity contribution < 1.29 is 0 Å². The van der Waals surface area contributed by atoms with Gasteiger partial charge >= 0.3 is 0 Å². The maximum atomic E-state index is 6.05. The van der Waals surface area contributed by atoms with Crippen LogP contribution < -0.4 is 5.73 Å². The van der Waals surface area contributed by atoms with Crippen molar-refractivity contribution in [3.05, 3.63) is 30.1 Å². The summed E-state index contributed by atoms with van der Waals surface area (Å²) in [6, 6.07) is 0.0158. The van der Waals surface area contributed by atoms with Crippen molar-refractivity contribution in [1.29, 1.82) is 0 Å². The van der Waals surface area contributed by atoms with Gasteiger partial charge in [0, 0.05) is 19.3 Å². The average molecular weight is 219 g/mol. The lowest BCUT2D eigenvalue weighted by molar-refractivity contribution is 0.659. The summed E-state index contributed by atoms with van der Waals surface area (Å²) >= 11 is 0. The lowest BCUT2D eigenvalue weighted by atomic mass is 10.2. The van der Waals surface area contributed by atoms with Crippen molar-refractivity contribution in [1.82, 2.24) is 19.3 Å². The summed E-state index contributed by atoms with van der Waals surface area (Å²) < 4.78 is 3.81. The fourth-order valence-electron chi connectivity index (χ4n) is 1.81. The molecule has 5 nitrogen and oxygen atoms in total. The lowest BCUT2D eigenvalue weighted by Gasteiger charge is -2.11. The molecule has 2 heterocycles. The molecule has 86 valence electrons. The monoisotopic (exact) mass is 219 g/mol. The molecular weight excluding hydrogens is 202 g/mol. The van der Waals surface area contributed by atoms with Gasteiger partial charge in [0.05, 0.1) is 29.6 Å². The first-order valence-electron chi connectivity index (χ1n) is 5.42. The molecule has 2 rings (SSSR count). The molecule has 5 heteroatoms. The van der Waals surface area contributed by atoms with Gasteiger partial charge in [0.25, 0.3) is 0 Å². The first kappa shape index (κ1) is 10.9. The maximum absolute atomic E-state index is 6.05. The van der Waals surface area contributed by atoms with E-state index in [-0.39, 0.29) is 6.04 Å². The molecule has 0 bridgehead atoms. The third-order valence-corrected chi connectivity index (χ3v) is 2.73. The Morgan fingerprint density at radius 3 is 2.81 bits per heavy atom. The first-order chi connectivity index (χ1) is 7.63. The van der Waals surface area contributed by atoms with Crippen molar-refractivity contribution in [2.45, 2.75) is 26.3 Å². The molecule has 16 heavy (non-hydrogen) atoms. The summed E-state index contributed by atoms with van der Waals surface area (Å²) in [5, 5.41) is 4.32. The predicted molar refractivity (Wildman–Crippen MR) is 62.3 cm³/mol. The summed E-state index contributed by atoms with van der Waals surface area (Å²) in [6.45, 7) is 4.05. The summed E-state index contributed by atoms with van der Waals surface area (Å²) in [7, 11) is 1.91. The van der Waals surface area contributed by atoms with Gasteiger partial charge in [-0.2, -0.15) is 5.10 Å². The molecule has 0 aliphatic heterocycles. The van der Waals surface area contributed by atoms with Crippen LogP contribution in [0.4, 0.5) is 0 Å². The quantitative estimate of drug-likeness (QED) is 0.847. The number of nitrogens with zero attached hydrogens (tertiary/aromatic N) is 4. The Morgan fingerprint density at radius 1 is 1.50 bits per heavy atom. The summed E-state index contributed by atoms with van der Waals surface area (Å²) in [4.78, 5) is 4.16. The zero-order chi connectivity index (χ0) is 11.7. The van der Waals surface area contributed by atoms with Crippen LogP contribution in [0, 0.1) is 6.92 Å². The van der Waals surface area contributed by atoms with Gasteiger partial charge in [-0.25, -0.2) is 4.98 Å². The van der Waals surface area contributed by atoms with Gasteiger partial charge in [-0.1, -0.05) is 6.92 Å². The Labute approximate surface area is 94.9 Å². The van der Waals surface area contributed by atoms with Crippen LogP contribution in [-0.4, -0.2) is 19.3 Å². The van der Waals surface area contributed by atoms with Crippen LogP contribution in [0.3, 0.4) is 0 Å². The molecular formula is C11H17N5. The summed E-state index contributed by atoms with van der Waals surface area (Å²) in [5.41, 5.74) is 9.09. The Bertz CT molecular complexity index is 482. The second kappa shape index (κ2) is 4.09. The van der Waals surface area contributed by atoms with E-state index in [2.05, 4.69) is 17.0 Å².